The van der Waals surface area contributed by atoms with E-state index in [1.54, 1.807) is 0 Å². The molecule has 0 radical (unpaired) electrons. The van der Waals surface area contributed by atoms with Crippen molar-refractivity contribution in [2.75, 3.05) is 13.1 Å². The van der Waals surface area contributed by atoms with Gasteiger partial charge in [-0.25, -0.2) is 4.98 Å². The topological polar surface area (TPSA) is 29.9 Å². The second-order valence-corrected chi connectivity index (χ2v) is 5.84. The number of imidazole rings is 1. The minimum atomic E-state index is 0.683. The maximum Gasteiger partial charge on any atom is 0.0950 e. The first-order valence-electron chi connectivity index (χ1n) is 7.07. The van der Waals surface area contributed by atoms with Gasteiger partial charge in [0.05, 0.1) is 6.33 Å². The van der Waals surface area contributed by atoms with Gasteiger partial charge >= 0.3 is 0 Å². The number of hydrogen-bond acceptors (Lipinski definition) is 2. The summed E-state index contributed by atoms with van der Waals surface area (Å²) in [6, 6.07) is 0.712. The fourth-order valence-corrected chi connectivity index (χ4v) is 3.47. The lowest BCUT2D eigenvalue weighted by Gasteiger charge is -2.26. The summed E-state index contributed by atoms with van der Waals surface area (Å²) < 4.78 is 2.47. The minimum absolute atomic E-state index is 0.683. The molecule has 1 N–H and O–H groups in total. The van der Waals surface area contributed by atoms with Crippen LogP contribution in [0.4, 0.5) is 0 Å². The first kappa shape index (κ1) is 11.3. The van der Waals surface area contributed by atoms with Crippen LogP contribution in [0, 0.1) is 5.92 Å². The lowest BCUT2D eigenvalue weighted by molar-refractivity contribution is 0.413. The third kappa shape index (κ3) is 2.25. The molecule has 0 aromatic carbocycles. The van der Waals surface area contributed by atoms with Crippen LogP contribution in [0.1, 0.15) is 56.7 Å². The van der Waals surface area contributed by atoms with Gasteiger partial charge in [0, 0.05) is 30.4 Å². The van der Waals surface area contributed by atoms with Gasteiger partial charge in [-0.05, 0) is 44.6 Å². The molecule has 94 valence electrons. The van der Waals surface area contributed by atoms with Gasteiger partial charge in [0.2, 0.25) is 0 Å². The zero-order valence-corrected chi connectivity index (χ0v) is 10.7. The van der Waals surface area contributed by atoms with Gasteiger partial charge < -0.3 is 9.88 Å². The number of hydrogen-bond donors (Lipinski definition) is 1. The molecule has 3 unspecified atom stereocenters. The number of nitrogens with one attached hydrogen (secondary N) is 1. The average molecular weight is 233 g/mol. The summed E-state index contributed by atoms with van der Waals surface area (Å²) in [7, 11) is 0. The zero-order chi connectivity index (χ0) is 11.7. The highest BCUT2D eigenvalue weighted by Crippen LogP contribution is 2.36. The van der Waals surface area contributed by atoms with Crippen molar-refractivity contribution < 1.29 is 0 Å². The van der Waals surface area contributed by atoms with Crippen molar-refractivity contribution in [2.24, 2.45) is 5.92 Å². The lowest BCUT2D eigenvalue weighted by atomic mass is 9.96. The van der Waals surface area contributed by atoms with Crippen molar-refractivity contribution in [1.29, 1.82) is 0 Å². The van der Waals surface area contributed by atoms with Crippen molar-refractivity contribution in [3.8, 4) is 0 Å². The van der Waals surface area contributed by atoms with Gasteiger partial charge in [0.15, 0.2) is 0 Å². The van der Waals surface area contributed by atoms with Gasteiger partial charge in [0.1, 0.15) is 0 Å². The normalized spacial score (nSPS) is 34.1. The predicted octanol–water partition coefficient (Wildman–Crippen LogP) is 2.71. The molecule has 1 saturated carbocycles. The van der Waals surface area contributed by atoms with Gasteiger partial charge in [-0.15, -0.1) is 0 Å². The van der Waals surface area contributed by atoms with Gasteiger partial charge in [-0.2, -0.15) is 0 Å². The molecule has 1 aromatic heterocycles. The summed E-state index contributed by atoms with van der Waals surface area (Å²) in [6.07, 6.45) is 10.8. The molecule has 1 aromatic rings. The van der Waals surface area contributed by atoms with Crippen LogP contribution in [-0.4, -0.2) is 22.6 Å². The lowest BCUT2D eigenvalue weighted by Crippen LogP contribution is -2.29. The third-order valence-corrected chi connectivity index (χ3v) is 4.47. The maximum atomic E-state index is 4.40. The monoisotopic (exact) mass is 233 g/mol. The van der Waals surface area contributed by atoms with Crippen LogP contribution in [0.3, 0.4) is 0 Å². The van der Waals surface area contributed by atoms with E-state index in [1.807, 2.05) is 0 Å². The molecule has 0 bridgehead atoms. The van der Waals surface area contributed by atoms with E-state index in [0.29, 0.717) is 12.0 Å². The Morgan fingerprint density at radius 3 is 3.00 bits per heavy atom. The highest BCUT2D eigenvalue weighted by atomic mass is 15.1. The van der Waals surface area contributed by atoms with E-state index in [2.05, 4.69) is 34.3 Å². The summed E-state index contributed by atoms with van der Waals surface area (Å²) in [5.41, 5.74) is 1.47. The molecule has 1 saturated heterocycles. The van der Waals surface area contributed by atoms with E-state index in [4.69, 9.17) is 0 Å². The Labute approximate surface area is 104 Å². The Kier molecular flexibility index (Phi) is 3.19. The molecular weight excluding hydrogens is 210 g/mol. The van der Waals surface area contributed by atoms with Crippen LogP contribution >= 0.6 is 0 Å². The number of piperidine rings is 1. The Hall–Kier alpha value is -0.830. The molecule has 17 heavy (non-hydrogen) atoms. The molecule has 0 spiro atoms. The molecule has 3 heteroatoms. The third-order valence-electron chi connectivity index (χ3n) is 4.47. The Morgan fingerprint density at radius 1 is 1.35 bits per heavy atom. The fourth-order valence-electron chi connectivity index (χ4n) is 3.47. The molecule has 2 aliphatic rings. The van der Waals surface area contributed by atoms with Crippen LogP contribution < -0.4 is 5.32 Å². The van der Waals surface area contributed by atoms with Crippen LogP contribution in [0.5, 0.6) is 0 Å². The zero-order valence-electron chi connectivity index (χ0n) is 10.7. The Bertz CT molecular complexity index is 346. The first-order chi connectivity index (χ1) is 8.34. The Morgan fingerprint density at radius 2 is 2.29 bits per heavy atom. The van der Waals surface area contributed by atoms with E-state index in [-0.39, 0.29) is 0 Å². The van der Waals surface area contributed by atoms with Crippen LogP contribution in [-0.2, 0) is 0 Å². The van der Waals surface area contributed by atoms with E-state index < -0.39 is 0 Å². The van der Waals surface area contributed by atoms with Gasteiger partial charge in [-0.3, -0.25) is 0 Å². The summed E-state index contributed by atoms with van der Waals surface area (Å²) >= 11 is 0. The first-order valence-corrected chi connectivity index (χ1v) is 7.07. The van der Waals surface area contributed by atoms with Crippen LogP contribution in [0.2, 0.25) is 0 Å². The summed E-state index contributed by atoms with van der Waals surface area (Å²) in [4.78, 5) is 4.40. The second-order valence-electron chi connectivity index (χ2n) is 5.84. The summed E-state index contributed by atoms with van der Waals surface area (Å²) in [6.45, 7) is 4.69. The molecular formula is C14H23N3. The summed E-state index contributed by atoms with van der Waals surface area (Å²) in [5, 5.41) is 3.51. The highest BCUT2D eigenvalue weighted by molar-refractivity contribution is 5.10. The molecule has 1 aliphatic heterocycles. The fraction of sp³-hybridized carbons (Fsp3) is 0.786. The predicted molar refractivity (Wildman–Crippen MR) is 69.1 cm³/mol. The smallest absolute Gasteiger partial charge is 0.0950 e. The molecule has 2 heterocycles. The largest absolute Gasteiger partial charge is 0.331 e. The standard InChI is InChI=1S/C14H23N3/c1-11-4-5-13(7-11)17-10-16-9-14(17)12-3-2-6-15-8-12/h9-13,15H,2-8H2,1H3. The number of aromatic nitrogens is 2. The SMILES string of the molecule is CC1CCC(n2cncc2C2CCCNC2)C1. The average Bonchev–Trinajstić information content (AvgIpc) is 2.98. The molecule has 3 rings (SSSR count). The van der Waals surface area contributed by atoms with E-state index in [9.17, 15) is 0 Å². The van der Waals surface area contributed by atoms with Gasteiger partial charge in [-0.1, -0.05) is 6.92 Å². The van der Waals surface area contributed by atoms with Gasteiger partial charge in [0.25, 0.3) is 0 Å². The van der Waals surface area contributed by atoms with Crippen molar-refractivity contribution >= 4 is 0 Å². The van der Waals surface area contributed by atoms with E-state index >= 15 is 0 Å². The van der Waals surface area contributed by atoms with E-state index in [0.717, 1.165) is 12.5 Å². The maximum absolute atomic E-state index is 4.40. The second kappa shape index (κ2) is 4.81. The highest BCUT2D eigenvalue weighted by Gasteiger charge is 2.27. The van der Waals surface area contributed by atoms with Crippen molar-refractivity contribution in [1.82, 2.24) is 14.9 Å². The van der Waals surface area contributed by atoms with E-state index in [1.165, 1.54) is 44.3 Å². The summed E-state index contributed by atoms with van der Waals surface area (Å²) in [5.74, 6) is 1.57. The van der Waals surface area contributed by atoms with Crippen LogP contribution in [0.25, 0.3) is 0 Å². The van der Waals surface area contributed by atoms with Crippen molar-refractivity contribution in [3.05, 3.63) is 18.2 Å². The number of nitrogens with zero attached hydrogens (tertiary/aromatic N) is 2. The van der Waals surface area contributed by atoms with Crippen molar-refractivity contribution in [3.63, 3.8) is 0 Å². The molecule has 3 atom stereocenters. The molecule has 3 nitrogen and oxygen atoms in total. The molecule has 0 amide bonds. The van der Waals surface area contributed by atoms with Crippen LogP contribution in [0.15, 0.2) is 12.5 Å². The molecule has 1 aliphatic carbocycles. The minimum Gasteiger partial charge on any atom is -0.331 e. The quantitative estimate of drug-likeness (QED) is 0.851. The molecule has 2 fully saturated rings. The van der Waals surface area contributed by atoms with Crippen molar-refractivity contribution in [2.45, 2.75) is 51.0 Å². The number of rotatable bonds is 2. The Balaban J connectivity index is 1.78.